The van der Waals surface area contributed by atoms with Gasteiger partial charge in [0.05, 0.1) is 10.6 Å². The summed E-state index contributed by atoms with van der Waals surface area (Å²) in [7, 11) is 0. The fourth-order valence-corrected chi connectivity index (χ4v) is 9.79. The molecule has 0 N–H and O–H groups in total. The summed E-state index contributed by atoms with van der Waals surface area (Å²) in [5.74, 6) is 0. The largest absolute Gasteiger partial charge is 0.311 e. The lowest BCUT2D eigenvalue weighted by atomic mass is 9.35. The van der Waals surface area contributed by atoms with E-state index < -0.39 is 0 Å². The van der Waals surface area contributed by atoms with E-state index >= 15 is 0 Å². The van der Waals surface area contributed by atoms with Crippen molar-refractivity contribution in [3.05, 3.63) is 105 Å². The van der Waals surface area contributed by atoms with E-state index in [1.807, 2.05) is 11.3 Å². The monoisotopic (exact) mass is 820 g/mol. The molecule has 2 aliphatic heterocycles. The Bertz CT molecular complexity index is 2420. The summed E-state index contributed by atoms with van der Waals surface area (Å²) in [6.07, 6.45) is 0. The van der Waals surface area contributed by atoms with Gasteiger partial charge >= 0.3 is 0 Å². The van der Waals surface area contributed by atoms with Gasteiger partial charge in [0.25, 0.3) is 6.71 Å². The molecule has 318 valence electrons. The van der Waals surface area contributed by atoms with Gasteiger partial charge < -0.3 is 9.80 Å². The Kier molecular flexibility index (Phi) is 10.2. The van der Waals surface area contributed by atoms with E-state index in [1.165, 1.54) is 88.3 Å². The number of thiazole rings is 1. The minimum Gasteiger partial charge on any atom is -0.311 e. The third-order valence-corrected chi connectivity index (χ3v) is 14.3. The van der Waals surface area contributed by atoms with Crippen molar-refractivity contribution in [2.75, 3.05) is 9.80 Å². The van der Waals surface area contributed by atoms with Crippen molar-refractivity contribution in [2.24, 2.45) is 0 Å². The van der Waals surface area contributed by atoms with Gasteiger partial charge in [0.1, 0.15) is 5.00 Å². The van der Waals surface area contributed by atoms with Crippen LogP contribution in [-0.2, 0) is 37.9 Å². The van der Waals surface area contributed by atoms with Crippen LogP contribution in [0.5, 0.6) is 0 Å². The molecule has 7 rings (SSSR count). The highest BCUT2D eigenvalue weighted by Gasteiger charge is 2.47. The normalized spacial score (nSPS) is 15.0. The molecule has 0 unspecified atom stereocenters. The highest BCUT2D eigenvalue weighted by atomic mass is 32.1. The minimum absolute atomic E-state index is 0.0243. The highest BCUT2D eigenvalue weighted by molar-refractivity contribution is 7.19. The lowest BCUT2D eigenvalue weighted by molar-refractivity contribution is 0.568. The zero-order valence-corrected chi connectivity index (χ0v) is 42.0. The fourth-order valence-electron chi connectivity index (χ4n) is 8.60. The Morgan fingerprint density at radius 1 is 0.400 bits per heavy atom. The molecule has 4 aromatic carbocycles. The van der Waals surface area contributed by atoms with Crippen LogP contribution in [0, 0.1) is 0 Å². The third-order valence-electron chi connectivity index (χ3n) is 12.8. The van der Waals surface area contributed by atoms with Crippen LogP contribution >= 0.6 is 11.3 Å². The highest BCUT2D eigenvalue weighted by Crippen LogP contribution is 2.50. The lowest BCUT2D eigenvalue weighted by Gasteiger charge is -2.44. The molecule has 0 saturated carbocycles. The summed E-state index contributed by atoms with van der Waals surface area (Å²) in [5.41, 5.74) is 17.8. The molecule has 60 heavy (non-hydrogen) atoms. The number of rotatable bonds is 2. The first kappa shape index (κ1) is 44.2. The molecule has 0 amide bonds. The predicted octanol–water partition coefficient (Wildman–Crippen LogP) is 14.3. The van der Waals surface area contributed by atoms with E-state index in [-0.39, 0.29) is 44.6 Å². The van der Waals surface area contributed by atoms with E-state index in [0.717, 1.165) is 0 Å². The topological polar surface area (TPSA) is 19.4 Å². The summed E-state index contributed by atoms with van der Waals surface area (Å²) in [5, 5.41) is 2.42. The zero-order valence-electron chi connectivity index (χ0n) is 41.2. The van der Waals surface area contributed by atoms with Gasteiger partial charge in [0.2, 0.25) is 0 Å². The SMILES string of the molecule is CC(C)(C)c1cc(N2c3ccc(C(C)(C)C)cc3B3c4nc(C(C)(C)C)sc4N(c4cc(C(C)(C)C)cc(C(C)(C)C)c4)c4cc(C(C)(C)C)cc2c43)cc(C(C)(C)C)c1. The van der Waals surface area contributed by atoms with Gasteiger partial charge in [-0.1, -0.05) is 170 Å². The molecular weight excluding hydrogens is 746 g/mol. The van der Waals surface area contributed by atoms with Gasteiger partial charge in [0.15, 0.2) is 0 Å². The van der Waals surface area contributed by atoms with E-state index in [4.69, 9.17) is 4.98 Å². The Morgan fingerprint density at radius 3 is 1.18 bits per heavy atom. The smallest absolute Gasteiger partial charge is 0.276 e. The first-order valence-electron chi connectivity index (χ1n) is 22.4. The third kappa shape index (κ3) is 7.91. The van der Waals surface area contributed by atoms with Gasteiger partial charge in [0, 0.05) is 33.9 Å². The lowest BCUT2D eigenvalue weighted by Crippen LogP contribution is -2.62. The molecule has 1 aromatic heterocycles. The van der Waals surface area contributed by atoms with Crippen LogP contribution in [0.1, 0.15) is 184 Å². The second-order valence-electron chi connectivity index (χ2n) is 25.3. The quantitative estimate of drug-likeness (QED) is 0.162. The van der Waals surface area contributed by atoms with Gasteiger partial charge in [-0.25, -0.2) is 0 Å². The standard InChI is InChI=1S/C55H74BN3S/c1-49(2,3)33-22-23-42-41(30-33)56-45-43(58(42)39-26-34(50(4,5)6)24-35(27-39)51(7,8)9)31-38(54(16,17)18)32-44(45)59(47-46(56)57-48(60-47)55(19,20)21)40-28-36(52(10,11)12)25-37(29-40)53(13,14)15/h22-32H,1-21H3. The molecular formula is C55H74BN3S. The summed E-state index contributed by atoms with van der Waals surface area (Å²) < 4.78 is 0. The molecule has 0 aliphatic carbocycles. The Morgan fingerprint density at radius 2 is 0.783 bits per heavy atom. The average molecular weight is 820 g/mol. The van der Waals surface area contributed by atoms with Gasteiger partial charge in [-0.15, -0.1) is 11.3 Å². The Hall–Kier alpha value is -3.83. The molecule has 5 heteroatoms. The first-order chi connectivity index (χ1) is 27.2. The number of fused-ring (bicyclic) bond motifs is 4. The maximum absolute atomic E-state index is 5.78. The van der Waals surface area contributed by atoms with Gasteiger partial charge in [-0.2, -0.15) is 0 Å². The van der Waals surface area contributed by atoms with Crippen molar-refractivity contribution in [2.45, 2.75) is 183 Å². The molecule has 3 heterocycles. The summed E-state index contributed by atoms with van der Waals surface area (Å²) in [6, 6.07) is 27.2. The Balaban J connectivity index is 1.70. The van der Waals surface area contributed by atoms with Crippen molar-refractivity contribution in [1.29, 1.82) is 0 Å². The minimum atomic E-state index is -0.114. The summed E-state index contributed by atoms with van der Waals surface area (Å²) in [4.78, 5) is 11.0. The number of nitrogens with zero attached hydrogens (tertiary/aromatic N) is 3. The molecule has 0 saturated heterocycles. The van der Waals surface area contributed by atoms with E-state index in [1.54, 1.807) is 0 Å². The van der Waals surface area contributed by atoms with Crippen LogP contribution < -0.4 is 26.3 Å². The van der Waals surface area contributed by atoms with Crippen LogP contribution in [0.25, 0.3) is 0 Å². The van der Waals surface area contributed by atoms with Crippen LogP contribution in [0.2, 0.25) is 0 Å². The van der Waals surface area contributed by atoms with Gasteiger partial charge in [-0.05, 0) is 119 Å². The number of hydrogen-bond donors (Lipinski definition) is 0. The maximum Gasteiger partial charge on any atom is 0.276 e. The van der Waals surface area contributed by atoms with E-state index in [9.17, 15) is 0 Å². The van der Waals surface area contributed by atoms with Gasteiger partial charge in [-0.3, -0.25) is 4.98 Å². The molecule has 0 atom stereocenters. The van der Waals surface area contributed by atoms with Crippen LogP contribution in [0.4, 0.5) is 33.4 Å². The van der Waals surface area contributed by atoms with Crippen molar-refractivity contribution in [3.63, 3.8) is 0 Å². The van der Waals surface area contributed by atoms with Crippen LogP contribution in [0.3, 0.4) is 0 Å². The molecule has 0 fully saturated rings. The van der Waals surface area contributed by atoms with E-state index in [0.29, 0.717) is 0 Å². The summed E-state index contributed by atoms with van der Waals surface area (Å²) >= 11 is 1.89. The second-order valence-corrected chi connectivity index (χ2v) is 26.3. The summed E-state index contributed by atoms with van der Waals surface area (Å²) in [6.45, 7) is 49.3. The van der Waals surface area contributed by atoms with Crippen LogP contribution in [-0.4, -0.2) is 11.7 Å². The molecule has 3 nitrogen and oxygen atoms in total. The number of benzene rings is 4. The van der Waals surface area contributed by atoms with E-state index in [2.05, 4.69) is 222 Å². The second kappa shape index (κ2) is 13.8. The van der Waals surface area contributed by atoms with Crippen molar-refractivity contribution >= 4 is 68.0 Å². The fraction of sp³-hybridized carbons (Fsp3) is 0.509. The molecule has 5 aromatic rings. The molecule has 2 aliphatic rings. The first-order valence-corrected chi connectivity index (χ1v) is 23.2. The molecule has 0 spiro atoms. The van der Waals surface area contributed by atoms with Crippen LogP contribution in [0.15, 0.2) is 66.7 Å². The average Bonchev–Trinajstić information content (AvgIpc) is 3.54. The van der Waals surface area contributed by atoms with Crippen molar-refractivity contribution in [1.82, 2.24) is 4.98 Å². The number of anilines is 6. The molecule has 0 bridgehead atoms. The number of hydrogen-bond acceptors (Lipinski definition) is 4. The molecule has 0 radical (unpaired) electrons. The van der Waals surface area contributed by atoms with Crippen molar-refractivity contribution < 1.29 is 0 Å². The zero-order chi connectivity index (χ0) is 44.7. The Labute approximate surface area is 369 Å². The maximum atomic E-state index is 5.78. The predicted molar refractivity (Wildman–Crippen MR) is 267 cm³/mol. The van der Waals surface area contributed by atoms with Crippen molar-refractivity contribution in [3.8, 4) is 0 Å². The number of aromatic nitrogens is 1.